The van der Waals surface area contributed by atoms with Gasteiger partial charge in [-0.2, -0.15) is 0 Å². The summed E-state index contributed by atoms with van der Waals surface area (Å²) in [6, 6.07) is 4.22. The molecule has 0 saturated heterocycles. The third kappa shape index (κ3) is 1.33. The fourth-order valence-electron chi connectivity index (χ4n) is 1.02. The summed E-state index contributed by atoms with van der Waals surface area (Å²) in [5.41, 5.74) is 5.67. The van der Waals surface area contributed by atoms with Gasteiger partial charge in [0, 0.05) is 6.07 Å². The van der Waals surface area contributed by atoms with Gasteiger partial charge in [-0.05, 0) is 12.1 Å². The first-order valence-electron chi connectivity index (χ1n) is 3.56. The molecular weight excluding hydrogens is 188 g/mol. The SMILES string of the molecule is Nc1nc2ccc(O)c(=O)cc2s1. The molecule has 5 heteroatoms. The van der Waals surface area contributed by atoms with Crippen molar-refractivity contribution in [1.82, 2.24) is 4.98 Å². The Kier molecular flexibility index (Phi) is 1.66. The molecule has 1 aromatic carbocycles. The zero-order valence-corrected chi connectivity index (χ0v) is 7.34. The average molecular weight is 194 g/mol. The van der Waals surface area contributed by atoms with Crippen LogP contribution in [0.2, 0.25) is 0 Å². The van der Waals surface area contributed by atoms with Gasteiger partial charge in [0.05, 0.1) is 10.2 Å². The van der Waals surface area contributed by atoms with E-state index in [-0.39, 0.29) is 5.75 Å². The quantitative estimate of drug-likeness (QED) is 0.654. The molecule has 13 heavy (non-hydrogen) atoms. The van der Waals surface area contributed by atoms with Gasteiger partial charge in [0.1, 0.15) is 0 Å². The van der Waals surface area contributed by atoms with Crippen LogP contribution in [-0.4, -0.2) is 10.1 Å². The van der Waals surface area contributed by atoms with Crippen LogP contribution < -0.4 is 11.2 Å². The lowest BCUT2D eigenvalue weighted by Crippen LogP contribution is -1.91. The summed E-state index contributed by atoms with van der Waals surface area (Å²) in [4.78, 5) is 15.1. The summed E-state index contributed by atoms with van der Waals surface area (Å²) in [5.74, 6) is -0.274. The second kappa shape index (κ2) is 2.70. The van der Waals surface area contributed by atoms with E-state index in [0.29, 0.717) is 15.3 Å². The predicted molar refractivity (Wildman–Crippen MR) is 52.0 cm³/mol. The first-order valence-corrected chi connectivity index (χ1v) is 4.38. The van der Waals surface area contributed by atoms with E-state index in [1.807, 2.05) is 0 Å². The van der Waals surface area contributed by atoms with Crippen molar-refractivity contribution in [3.8, 4) is 5.75 Å². The van der Waals surface area contributed by atoms with Crippen LogP contribution in [0.4, 0.5) is 5.13 Å². The number of nitrogens with zero attached hydrogens (tertiary/aromatic N) is 1. The fourth-order valence-corrected chi connectivity index (χ4v) is 1.77. The molecular formula is C8H6N2O2S. The normalized spacial score (nSPS) is 10.5. The molecule has 2 aromatic rings. The van der Waals surface area contributed by atoms with E-state index >= 15 is 0 Å². The number of hydrogen-bond acceptors (Lipinski definition) is 5. The Morgan fingerprint density at radius 2 is 2.23 bits per heavy atom. The lowest BCUT2D eigenvalue weighted by molar-refractivity contribution is 0.471. The van der Waals surface area contributed by atoms with Gasteiger partial charge in [-0.15, -0.1) is 0 Å². The smallest absolute Gasteiger partial charge is 0.221 e. The lowest BCUT2D eigenvalue weighted by Gasteiger charge is -1.77. The minimum Gasteiger partial charge on any atom is -0.504 e. The third-order valence-electron chi connectivity index (χ3n) is 1.61. The number of fused-ring (bicyclic) bond motifs is 1. The van der Waals surface area contributed by atoms with E-state index in [4.69, 9.17) is 10.8 Å². The average Bonchev–Trinajstić information content (AvgIpc) is 2.36. The second-order valence-corrected chi connectivity index (χ2v) is 3.59. The van der Waals surface area contributed by atoms with Gasteiger partial charge in [0.2, 0.25) is 5.43 Å². The van der Waals surface area contributed by atoms with Gasteiger partial charge in [-0.1, -0.05) is 11.3 Å². The van der Waals surface area contributed by atoms with Crippen LogP contribution >= 0.6 is 11.3 Å². The summed E-state index contributed by atoms with van der Waals surface area (Å²) >= 11 is 1.22. The molecule has 0 amide bonds. The van der Waals surface area contributed by atoms with Gasteiger partial charge in [-0.3, -0.25) is 4.79 Å². The number of rotatable bonds is 0. The predicted octanol–water partition coefficient (Wildman–Crippen LogP) is 0.944. The fraction of sp³-hybridized carbons (Fsp3) is 0. The molecule has 0 aliphatic heterocycles. The Hall–Kier alpha value is -1.62. The van der Waals surface area contributed by atoms with Crippen LogP contribution in [0.3, 0.4) is 0 Å². The number of hydrogen-bond donors (Lipinski definition) is 2. The second-order valence-electron chi connectivity index (χ2n) is 2.53. The van der Waals surface area contributed by atoms with Crippen LogP contribution in [0.15, 0.2) is 23.0 Å². The minimum atomic E-state index is -0.418. The van der Waals surface area contributed by atoms with Crippen LogP contribution in [-0.2, 0) is 0 Å². The highest BCUT2D eigenvalue weighted by Crippen LogP contribution is 2.21. The van der Waals surface area contributed by atoms with Gasteiger partial charge in [-0.25, -0.2) is 4.98 Å². The first kappa shape index (κ1) is 8.00. The topological polar surface area (TPSA) is 76.2 Å². The Morgan fingerprint density at radius 3 is 3.00 bits per heavy atom. The van der Waals surface area contributed by atoms with Crippen molar-refractivity contribution in [2.75, 3.05) is 5.73 Å². The number of anilines is 1. The Morgan fingerprint density at radius 1 is 1.46 bits per heavy atom. The molecule has 0 fully saturated rings. The highest BCUT2D eigenvalue weighted by atomic mass is 32.1. The van der Waals surface area contributed by atoms with E-state index < -0.39 is 5.43 Å². The number of thiazole rings is 1. The summed E-state index contributed by atoms with van der Waals surface area (Å²) in [6.07, 6.45) is 0. The number of nitrogen functional groups attached to an aromatic ring is 1. The van der Waals surface area contributed by atoms with Crippen molar-refractivity contribution in [2.24, 2.45) is 0 Å². The van der Waals surface area contributed by atoms with E-state index in [0.717, 1.165) is 0 Å². The number of nitrogens with two attached hydrogens (primary N) is 1. The van der Waals surface area contributed by atoms with E-state index in [2.05, 4.69) is 4.98 Å². The van der Waals surface area contributed by atoms with Crippen LogP contribution in [0.25, 0.3) is 10.2 Å². The molecule has 2 rings (SSSR count). The maximum atomic E-state index is 11.1. The van der Waals surface area contributed by atoms with Crippen LogP contribution in [0, 0.1) is 0 Å². The summed E-state index contributed by atoms with van der Waals surface area (Å²) in [6.45, 7) is 0. The van der Waals surface area contributed by atoms with Gasteiger partial charge >= 0.3 is 0 Å². The van der Waals surface area contributed by atoms with Crippen LogP contribution in [0.5, 0.6) is 5.75 Å². The molecule has 0 spiro atoms. The first-order chi connectivity index (χ1) is 6.16. The van der Waals surface area contributed by atoms with E-state index in [9.17, 15) is 4.79 Å². The van der Waals surface area contributed by atoms with Gasteiger partial charge in [0.15, 0.2) is 10.9 Å². The Labute approximate surface area is 77.3 Å². The molecule has 1 aromatic heterocycles. The molecule has 66 valence electrons. The maximum absolute atomic E-state index is 11.1. The van der Waals surface area contributed by atoms with Crippen LogP contribution in [0.1, 0.15) is 0 Å². The van der Waals surface area contributed by atoms with Gasteiger partial charge in [0.25, 0.3) is 0 Å². The summed E-state index contributed by atoms with van der Waals surface area (Å²) in [7, 11) is 0. The third-order valence-corrected chi connectivity index (χ3v) is 2.46. The highest BCUT2D eigenvalue weighted by Gasteiger charge is 2.01. The summed E-state index contributed by atoms with van der Waals surface area (Å²) in [5, 5.41) is 9.53. The minimum absolute atomic E-state index is 0.274. The van der Waals surface area contributed by atoms with E-state index in [1.165, 1.54) is 23.5 Å². The molecule has 0 radical (unpaired) electrons. The molecule has 0 bridgehead atoms. The zero-order chi connectivity index (χ0) is 9.42. The Balaban J connectivity index is 2.94. The molecule has 3 N–H and O–H groups in total. The van der Waals surface area contributed by atoms with Crippen molar-refractivity contribution < 1.29 is 5.11 Å². The highest BCUT2D eigenvalue weighted by molar-refractivity contribution is 7.22. The largest absolute Gasteiger partial charge is 0.504 e. The number of aromatic hydroxyl groups is 1. The molecule has 0 aliphatic carbocycles. The molecule has 4 nitrogen and oxygen atoms in total. The zero-order valence-electron chi connectivity index (χ0n) is 6.52. The van der Waals surface area contributed by atoms with Crippen molar-refractivity contribution >= 4 is 26.7 Å². The van der Waals surface area contributed by atoms with Crippen molar-refractivity contribution in [1.29, 1.82) is 0 Å². The summed E-state index contributed by atoms with van der Waals surface area (Å²) < 4.78 is 0.683. The van der Waals surface area contributed by atoms with Crippen molar-refractivity contribution in [2.45, 2.75) is 0 Å². The lowest BCUT2D eigenvalue weighted by atomic mass is 10.5. The molecule has 0 aliphatic rings. The van der Waals surface area contributed by atoms with E-state index in [1.54, 1.807) is 6.07 Å². The van der Waals surface area contributed by atoms with Crippen molar-refractivity contribution in [3.05, 3.63) is 28.4 Å². The molecule has 1 heterocycles. The van der Waals surface area contributed by atoms with Crippen molar-refractivity contribution in [3.63, 3.8) is 0 Å². The Bertz CT molecular complexity index is 521. The monoisotopic (exact) mass is 194 g/mol. The molecule has 0 unspecified atom stereocenters. The maximum Gasteiger partial charge on any atom is 0.221 e. The standard InChI is InChI=1S/C8H6N2O2S/c9-8-10-4-1-2-5(11)6(12)3-7(4)13-8/h1-3H,(H2,9,10)(H,11,12). The molecule has 0 atom stereocenters. The van der Waals surface area contributed by atoms with Gasteiger partial charge < -0.3 is 10.8 Å². The number of aromatic nitrogens is 1. The molecule has 0 saturated carbocycles.